The van der Waals surface area contributed by atoms with Crippen molar-refractivity contribution in [2.75, 3.05) is 40.0 Å². The van der Waals surface area contributed by atoms with Crippen LogP contribution in [0, 0.1) is 17.7 Å². The highest BCUT2D eigenvalue weighted by atomic mass is 19.1. The summed E-state index contributed by atoms with van der Waals surface area (Å²) in [6.07, 6.45) is 5.23. The Kier molecular flexibility index (Phi) is 8.21. The SMILES string of the molecule is COCCCNC(=O)[C@@H]1C[C@H](COc2cccc(F)c2)CN(Cc2nccn2C)C1. The first-order valence-electron chi connectivity index (χ1n) is 10.4. The van der Waals surface area contributed by atoms with E-state index in [1.807, 2.05) is 17.8 Å². The zero-order chi connectivity index (χ0) is 21.3. The summed E-state index contributed by atoms with van der Waals surface area (Å²) in [7, 11) is 3.62. The summed E-state index contributed by atoms with van der Waals surface area (Å²) in [5.74, 6) is 1.25. The number of benzene rings is 1. The minimum Gasteiger partial charge on any atom is -0.493 e. The van der Waals surface area contributed by atoms with Crippen molar-refractivity contribution in [3.63, 3.8) is 0 Å². The molecule has 1 aromatic heterocycles. The van der Waals surface area contributed by atoms with Gasteiger partial charge in [-0.25, -0.2) is 9.37 Å². The van der Waals surface area contributed by atoms with Crippen LogP contribution in [0.25, 0.3) is 0 Å². The van der Waals surface area contributed by atoms with E-state index < -0.39 is 0 Å². The number of imidazole rings is 1. The summed E-state index contributed by atoms with van der Waals surface area (Å²) < 4.78 is 26.3. The first-order valence-corrected chi connectivity index (χ1v) is 10.4. The molecule has 1 aliphatic heterocycles. The van der Waals surface area contributed by atoms with Crippen LogP contribution in [-0.2, 0) is 23.1 Å². The first kappa shape index (κ1) is 22.2. The van der Waals surface area contributed by atoms with Gasteiger partial charge in [0.15, 0.2) is 0 Å². The van der Waals surface area contributed by atoms with Gasteiger partial charge in [-0.2, -0.15) is 0 Å². The molecular weight excluding hydrogens is 387 g/mol. The Labute approximate surface area is 177 Å². The van der Waals surface area contributed by atoms with Crippen molar-refractivity contribution in [2.45, 2.75) is 19.4 Å². The number of carbonyl (C=O) groups is 1. The van der Waals surface area contributed by atoms with E-state index in [2.05, 4.69) is 15.2 Å². The predicted molar refractivity (Wildman–Crippen MR) is 111 cm³/mol. The summed E-state index contributed by atoms with van der Waals surface area (Å²) >= 11 is 0. The lowest BCUT2D eigenvalue weighted by Gasteiger charge is -2.36. The van der Waals surface area contributed by atoms with Gasteiger partial charge in [-0.1, -0.05) is 6.07 Å². The molecule has 30 heavy (non-hydrogen) atoms. The summed E-state index contributed by atoms with van der Waals surface area (Å²) in [5.41, 5.74) is 0. The van der Waals surface area contributed by atoms with Crippen LogP contribution in [0.1, 0.15) is 18.7 Å². The Morgan fingerprint density at radius 2 is 2.23 bits per heavy atom. The highest BCUT2D eigenvalue weighted by Crippen LogP contribution is 2.25. The highest BCUT2D eigenvalue weighted by molar-refractivity contribution is 5.79. The number of aryl methyl sites for hydroxylation is 1. The van der Waals surface area contributed by atoms with Gasteiger partial charge in [0.2, 0.25) is 5.91 Å². The molecule has 0 radical (unpaired) electrons. The van der Waals surface area contributed by atoms with Crippen molar-refractivity contribution in [1.82, 2.24) is 19.8 Å². The second-order valence-electron chi connectivity index (χ2n) is 7.85. The highest BCUT2D eigenvalue weighted by Gasteiger charge is 2.32. The minimum atomic E-state index is -0.319. The Bertz CT molecular complexity index is 813. The number of methoxy groups -OCH3 is 1. The monoisotopic (exact) mass is 418 g/mol. The number of carbonyl (C=O) groups excluding carboxylic acids is 1. The Morgan fingerprint density at radius 3 is 2.97 bits per heavy atom. The summed E-state index contributed by atoms with van der Waals surface area (Å²) in [6, 6.07) is 6.16. The molecule has 7 nitrogen and oxygen atoms in total. The van der Waals surface area contributed by atoms with Gasteiger partial charge < -0.3 is 19.4 Å². The maximum absolute atomic E-state index is 13.4. The average molecular weight is 419 g/mol. The third-order valence-electron chi connectivity index (χ3n) is 5.38. The van der Waals surface area contributed by atoms with Crippen LogP contribution in [0.4, 0.5) is 4.39 Å². The number of rotatable bonds is 10. The van der Waals surface area contributed by atoms with E-state index in [1.165, 1.54) is 12.1 Å². The lowest BCUT2D eigenvalue weighted by Crippen LogP contribution is -2.47. The van der Waals surface area contributed by atoms with Crippen LogP contribution in [0.15, 0.2) is 36.7 Å². The Balaban J connectivity index is 1.61. The van der Waals surface area contributed by atoms with Crippen LogP contribution in [-0.4, -0.2) is 60.3 Å². The van der Waals surface area contributed by atoms with E-state index in [0.29, 0.717) is 38.6 Å². The van der Waals surface area contributed by atoms with Gasteiger partial charge in [0.25, 0.3) is 0 Å². The van der Waals surface area contributed by atoms with Gasteiger partial charge in [0.05, 0.1) is 19.1 Å². The number of piperidine rings is 1. The normalized spacial score (nSPS) is 19.6. The van der Waals surface area contributed by atoms with Gasteiger partial charge in [0, 0.05) is 64.8 Å². The number of hydrogen-bond acceptors (Lipinski definition) is 5. The van der Waals surface area contributed by atoms with E-state index in [1.54, 1.807) is 25.4 Å². The van der Waals surface area contributed by atoms with E-state index in [4.69, 9.17) is 9.47 Å². The lowest BCUT2D eigenvalue weighted by atomic mass is 9.89. The van der Waals surface area contributed by atoms with Crippen LogP contribution < -0.4 is 10.1 Å². The maximum Gasteiger partial charge on any atom is 0.224 e. The molecule has 2 aromatic rings. The van der Waals surface area contributed by atoms with E-state index in [0.717, 1.165) is 25.2 Å². The topological polar surface area (TPSA) is 68.6 Å². The molecule has 1 aliphatic rings. The van der Waals surface area contributed by atoms with E-state index in [9.17, 15) is 9.18 Å². The number of ether oxygens (including phenoxy) is 2. The smallest absolute Gasteiger partial charge is 0.224 e. The molecule has 0 aliphatic carbocycles. The van der Waals surface area contributed by atoms with Gasteiger partial charge in [-0.05, 0) is 25.0 Å². The number of aromatic nitrogens is 2. The molecule has 164 valence electrons. The van der Waals surface area contributed by atoms with Crippen molar-refractivity contribution in [2.24, 2.45) is 18.9 Å². The molecule has 1 amide bonds. The third-order valence-corrected chi connectivity index (χ3v) is 5.38. The minimum absolute atomic E-state index is 0.0615. The van der Waals surface area contributed by atoms with Crippen molar-refractivity contribution in [3.8, 4) is 5.75 Å². The quantitative estimate of drug-likeness (QED) is 0.600. The predicted octanol–water partition coefficient (Wildman–Crippen LogP) is 2.23. The fourth-order valence-corrected chi connectivity index (χ4v) is 3.83. The maximum atomic E-state index is 13.4. The molecule has 0 unspecified atom stereocenters. The molecular formula is C22H31FN4O3. The third kappa shape index (κ3) is 6.53. The molecule has 1 N–H and O–H groups in total. The molecule has 1 fully saturated rings. The largest absolute Gasteiger partial charge is 0.493 e. The molecule has 2 atom stereocenters. The van der Waals surface area contributed by atoms with Gasteiger partial charge in [0.1, 0.15) is 17.4 Å². The fourth-order valence-electron chi connectivity index (χ4n) is 3.83. The summed E-state index contributed by atoms with van der Waals surface area (Å²) in [6.45, 7) is 3.82. The molecule has 0 saturated carbocycles. The molecule has 2 heterocycles. The fraction of sp³-hybridized carbons (Fsp3) is 0.545. The number of likely N-dealkylation sites (tertiary alicyclic amines) is 1. The second-order valence-corrected chi connectivity index (χ2v) is 7.85. The van der Waals surface area contributed by atoms with Gasteiger partial charge in [-0.15, -0.1) is 0 Å². The van der Waals surface area contributed by atoms with Crippen molar-refractivity contribution < 1.29 is 18.7 Å². The van der Waals surface area contributed by atoms with Crippen LogP contribution in [0.2, 0.25) is 0 Å². The Hall–Kier alpha value is -2.45. The number of amides is 1. The molecule has 1 aromatic carbocycles. The van der Waals surface area contributed by atoms with Crippen LogP contribution in [0.5, 0.6) is 5.75 Å². The van der Waals surface area contributed by atoms with Crippen molar-refractivity contribution in [3.05, 3.63) is 48.3 Å². The van der Waals surface area contributed by atoms with Crippen LogP contribution in [0.3, 0.4) is 0 Å². The lowest BCUT2D eigenvalue weighted by molar-refractivity contribution is -0.127. The van der Waals surface area contributed by atoms with Gasteiger partial charge >= 0.3 is 0 Å². The first-order chi connectivity index (χ1) is 14.5. The standard InChI is InChI=1S/C22H31FN4O3/c1-26-9-8-24-21(26)15-27-13-17(16-30-20-6-3-5-19(23)12-20)11-18(14-27)22(28)25-7-4-10-29-2/h3,5-6,8-9,12,17-18H,4,7,10-11,13-16H2,1-2H3,(H,25,28)/t17-,18+/m0/s1. The number of nitrogens with one attached hydrogen (secondary N) is 1. The summed E-state index contributed by atoms with van der Waals surface area (Å²) in [5, 5.41) is 3.02. The zero-order valence-corrected chi connectivity index (χ0v) is 17.7. The zero-order valence-electron chi connectivity index (χ0n) is 17.7. The molecule has 0 spiro atoms. The Morgan fingerprint density at radius 1 is 1.37 bits per heavy atom. The molecule has 3 rings (SSSR count). The molecule has 1 saturated heterocycles. The average Bonchev–Trinajstić information content (AvgIpc) is 3.14. The molecule has 8 heteroatoms. The second kappa shape index (κ2) is 11.1. The number of halogens is 1. The van der Waals surface area contributed by atoms with E-state index >= 15 is 0 Å². The van der Waals surface area contributed by atoms with E-state index in [-0.39, 0.29) is 23.6 Å². The van der Waals surface area contributed by atoms with Crippen LogP contribution >= 0.6 is 0 Å². The van der Waals surface area contributed by atoms with Crippen molar-refractivity contribution in [1.29, 1.82) is 0 Å². The molecule has 0 bridgehead atoms. The van der Waals surface area contributed by atoms with Gasteiger partial charge in [-0.3, -0.25) is 9.69 Å². The van der Waals surface area contributed by atoms with Crippen molar-refractivity contribution >= 4 is 5.91 Å². The number of nitrogens with zero attached hydrogens (tertiary/aromatic N) is 3. The number of hydrogen-bond donors (Lipinski definition) is 1. The summed E-state index contributed by atoms with van der Waals surface area (Å²) in [4.78, 5) is 19.4.